The molecule has 4 nitrogen and oxygen atoms in total. The first-order chi connectivity index (χ1) is 9.97. The fourth-order valence-electron chi connectivity index (χ4n) is 1.70. The Morgan fingerprint density at radius 3 is 2.52 bits per heavy atom. The molecule has 0 bridgehead atoms. The van der Waals surface area contributed by atoms with Crippen molar-refractivity contribution in [2.24, 2.45) is 0 Å². The van der Waals surface area contributed by atoms with E-state index >= 15 is 0 Å². The van der Waals surface area contributed by atoms with Crippen molar-refractivity contribution >= 4 is 32.1 Å². The molecule has 2 rings (SSSR count). The van der Waals surface area contributed by atoms with Gasteiger partial charge in [-0.1, -0.05) is 24.8 Å². The van der Waals surface area contributed by atoms with Crippen molar-refractivity contribution < 1.29 is 17.3 Å². The lowest BCUT2D eigenvalue weighted by molar-refractivity contribution is 0.413. The molecule has 0 radical (unpaired) electrons. The van der Waals surface area contributed by atoms with Gasteiger partial charge in [-0.25, -0.2) is 0 Å². The van der Waals surface area contributed by atoms with Gasteiger partial charge in [0.1, 0.15) is 16.4 Å². The Morgan fingerprint density at radius 1 is 1.19 bits per heavy atom. The summed E-state index contributed by atoms with van der Waals surface area (Å²) in [6, 6.07) is 11.3. The first kappa shape index (κ1) is 15.6. The molecule has 0 aliphatic rings. The maximum atomic E-state index is 12.3. The van der Waals surface area contributed by atoms with Crippen molar-refractivity contribution in [2.75, 3.05) is 7.11 Å². The third-order valence-corrected chi connectivity index (χ3v) is 4.99. The number of benzene rings is 2. The van der Waals surface area contributed by atoms with E-state index in [1.807, 2.05) is 0 Å². The zero-order valence-corrected chi connectivity index (χ0v) is 13.6. The number of hydrogen-bond acceptors (Lipinski definition) is 4. The molecular weight excluding hydrogens is 356 g/mol. The molecule has 0 atom stereocenters. The lowest BCUT2D eigenvalue weighted by Gasteiger charge is -2.11. The van der Waals surface area contributed by atoms with Crippen LogP contribution in [-0.2, 0) is 10.1 Å². The lowest BCUT2D eigenvalue weighted by Crippen LogP contribution is -2.11. The molecule has 2 aromatic rings. The highest BCUT2D eigenvalue weighted by molar-refractivity contribution is 9.10. The average Bonchev–Trinajstić information content (AvgIpc) is 2.47. The zero-order valence-electron chi connectivity index (χ0n) is 11.2. The van der Waals surface area contributed by atoms with Gasteiger partial charge in [0, 0.05) is 10.0 Å². The van der Waals surface area contributed by atoms with E-state index in [9.17, 15) is 8.42 Å². The summed E-state index contributed by atoms with van der Waals surface area (Å²) in [6.07, 6.45) is 1.51. The summed E-state index contributed by atoms with van der Waals surface area (Å²) in [7, 11) is -2.40. The van der Waals surface area contributed by atoms with E-state index in [1.165, 1.54) is 25.3 Å². The summed E-state index contributed by atoms with van der Waals surface area (Å²) < 4.78 is 35.4. The first-order valence-electron chi connectivity index (χ1n) is 5.97. The van der Waals surface area contributed by atoms with Crippen LogP contribution in [0, 0.1) is 0 Å². The van der Waals surface area contributed by atoms with Gasteiger partial charge in [-0.2, -0.15) is 8.42 Å². The highest BCUT2D eigenvalue weighted by Gasteiger charge is 2.20. The van der Waals surface area contributed by atoms with Crippen LogP contribution in [0.15, 0.2) is 58.4 Å². The molecule has 0 unspecified atom stereocenters. The molecule has 0 saturated heterocycles. The predicted octanol–water partition coefficient (Wildman–Crippen LogP) is 3.87. The fourth-order valence-corrected chi connectivity index (χ4v) is 3.61. The Labute approximate surface area is 132 Å². The van der Waals surface area contributed by atoms with Gasteiger partial charge >= 0.3 is 10.1 Å². The molecule has 2 aromatic carbocycles. The van der Waals surface area contributed by atoms with Gasteiger partial charge in [-0.15, -0.1) is 0 Å². The van der Waals surface area contributed by atoms with Crippen LogP contribution in [-0.4, -0.2) is 15.5 Å². The first-order valence-corrected chi connectivity index (χ1v) is 8.17. The Bertz CT molecular complexity index is 769. The van der Waals surface area contributed by atoms with Crippen molar-refractivity contribution in [3.63, 3.8) is 0 Å². The maximum Gasteiger partial charge on any atom is 0.340 e. The molecule has 0 aliphatic carbocycles. The molecular formula is C15H13BrO4S. The molecule has 0 aromatic heterocycles. The Hall–Kier alpha value is -1.79. The van der Waals surface area contributed by atoms with Gasteiger partial charge in [0.05, 0.1) is 7.11 Å². The summed E-state index contributed by atoms with van der Waals surface area (Å²) in [5.74, 6) is 0.789. The monoisotopic (exact) mass is 368 g/mol. The zero-order chi connectivity index (χ0) is 15.5. The van der Waals surface area contributed by atoms with Gasteiger partial charge in [-0.05, 0) is 46.3 Å². The van der Waals surface area contributed by atoms with E-state index in [-0.39, 0.29) is 10.6 Å². The highest BCUT2D eigenvalue weighted by atomic mass is 79.9. The molecule has 0 heterocycles. The molecule has 0 aliphatic heterocycles. The van der Waals surface area contributed by atoms with E-state index < -0.39 is 10.1 Å². The number of halogens is 1. The van der Waals surface area contributed by atoms with Crippen molar-refractivity contribution in [3.8, 4) is 11.5 Å². The minimum absolute atomic E-state index is 0.0656. The summed E-state index contributed by atoms with van der Waals surface area (Å²) >= 11 is 3.20. The number of ether oxygens (including phenoxy) is 1. The Balaban J connectivity index is 2.42. The SMILES string of the molecule is C=Cc1cc(OC)ccc1OS(=O)(=O)c1ccccc1Br. The van der Waals surface area contributed by atoms with Crippen molar-refractivity contribution in [2.45, 2.75) is 4.90 Å². The standard InChI is InChI=1S/C15H13BrO4S/c1-3-11-10-12(19-2)8-9-14(11)20-21(17,18)15-7-5-4-6-13(15)16/h3-10H,1H2,2H3. The van der Waals surface area contributed by atoms with Crippen LogP contribution in [0.1, 0.15) is 5.56 Å². The Kier molecular flexibility index (Phi) is 4.69. The lowest BCUT2D eigenvalue weighted by atomic mass is 10.2. The van der Waals surface area contributed by atoms with Crippen LogP contribution >= 0.6 is 15.9 Å². The largest absolute Gasteiger partial charge is 0.497 e. The summed E-state index contributed by atoms with van der Waals surface area (Å²) in [6.45, 7) is 3.65. The van der Waals surface area contributed by atoms with Gasteiger partial charge in [0.15, 0.2) is 0 Å². The van der Waals surface area contributed by atoms with Gasteiger partial charge in [0.25, 0.3) is 0 Å². The topological polar surface area (TPSA) is 52.6 Å². The minimum atomic E-state index is -3.93. The van der Waals surface area contributed by atoms with Crippen LogP contribution < -0.4 is 8.92 Å². The molecule has 0 fully saturated rings. The second-order valence-electron chi connectivity index (χ2n) is 4.08. The predicted molar refractivity (Wildman–Crippen MR) is 85.0 cm³/mol. The van der Waals surface area contributed by atoms with Crippen LogP contribution in [0.2, 0.25) is 0 Å². The van der Waals surface area contributed by atoms with E-state index in [0.717, 1.165) is 0 Å². The molecule has 0 N–H and O–H groups in total. The van der Waals surface area contributed by atoms with E-state index in [4.69, 9.17) is 8.92 Å². The third kappa shape index (κ3) is 3.46. The quantitative estimate of drug-likeness (QED) is 0.751. The fraction of sp³-hybridized carbons (Fsp3) is 0.0667. The second kappa shape index (κ2) is 6.32. The van der Waals surface area contributed by atoms with Gasteiger partial charge < -0.3 is 8.92 Å². The highest BCUT2D eigenvalue weighted by Crippen LogP contribution is 2.30. The molecule has 110 valence electrons. The molecule has 21 heavy (non-hydrogen) atoms. The minimum Gasteiger partial charge on any atom is -0.497 e. The summed E-state index contributed by atoms with van der Waals surface area (Å²) in [4.78, 5) is 0.0656. The van der Waals surface area contributed by atoms with Crippen LogP contribution in [0.3, 0.4) is 0 Å². The third-order valence-electron chi connectivity index (χ3n) is 2.74. The summed E-state index contributed by atoms with van der Waals surface area (Å²) in [5, 5.41) is 0. The van der Waals surface area contributed by atoms with E-state index in [1.54, 1.807) is 30.3 Å². The van der Waals surface area contributed by atoms with Gasteiger partial charge in [-0.3, -0.25) is 0 Å². The molecule has 0 saturated carbocycles. The molecule has 0 amide bonds. The van der Waals surface area contributed by atoms with Crippen LogP contribution in [0.25, 0.3) is 6.08 Å². The van der Waals surface area contributed by atoms with E-state index in [0.29, 0.717) is 15.8 Å². The normalized spacial score (nSPS) is 11.0. The van der Waals surface area contributed by atoms with Crippen molar-refractivity contribution in [3.05, 3.63) is 59.1 Å². The number of hydrogen-bond donors (Lipinski definition) is 0. The van der Waals surface area contributed by atoms with Crippen molar-refractivity contribution in [1.29, 1.82) is 0 Å². The number of rotatable bonds is 5. The van der Waals surface area contributed by atoms with Gasteiger partial charge in [0.2, 0.25) is 0 Å². The average molecular weight is 369 g/mol. The smallest absolute Gasteiger partial charge is 0.340 e. The van der Waals surface area contributed by atoms with E-state index in [2.05, 4.69) is 22.5 Å². The Morgan fingerprint density at radius 2 is 1.90 bits per heavy atom. The second-order valence-corrected chi connectivity index (χ2v) is 6.44. The van der Waals surface area contributed by atoms with Crippen LogP contribution in [0.5, 0.6) is 11.5 Å². The van der Waals surface area contributed by atoms with Crippen molar-refractivity contribution in [1.82, 2.24) is 0 Å². The summed E-state index contributed by atoms with van der Waals surface area (Å²) in [5.41, 5.74) is 0.532. The number of methoxy groups -OCH3 is 1. The van der Waals surface area contributed by atoms with Crippen LogP contribution in [0.4, 0.5) is 0 Å². The molecule has 6 heteroatoms. The maximum absolute atomic E-state index is 12.3. The molecule has 0 spiro atoms.